The number of nitrogens with zero attached hydrogens (tertiary/aromatic N) is 1. The van der Waals surface area contributed by atoms with Crippen LogP contribution in [0.5, 0.6) is 0 Å². The number of carbonyl (C=O) groups excluding carboxylic acids is 1. The van der Waals surface area contributed by atoms with Crippen LogP contribution < -0.4 is 0 Å². The second-order valence-electron chi connectivity index (χ2n) is 9.72. The molecule has 7 atom stereocenters. The van der Waals surface area contributed by atoms with Gasteiger partial charge in [-0.1, -0.05) is 20.8 Å². The molecule has 0 aromatic heterocycles. The molecule has 0 aromatic carbocycles. The summed E-state index contributed by atoms with van der Waals surface area (Å²) in [6, 6.07) is 0.512. The molecule has 0 radical (unpaired) electrons. The van der Waals surface area contributed by atoms with Gasteiger partial charge in [0.2, 0.25) is 5.91 Å². The van der Waals surface area contributed by atoms with Crippen molar-refractivity contribution in [2.75, 3.05) is 7.05 Å². The molecular weight excluding hydrogens is 270 g/mol. The quantitative estimate of drug-likeness (QED) is 0.646. The van der Waals surface area contributed by atoms with E-state index >= 15 is 0 Å². The average Bonchev–Trinajstić information content (AvgIpc) is 2.78. The standard InChI is InChI=1S/C20H33NO/c1-13-11-16-14-5-6-17-20(3,10-8-18(22)21(17)4)15(14)7-9-19(16,2)12-13/h13-17H,5-12H2,1-4H3/t13?,14-,15-,16+,17?,19-,20-/m1/s1. The highest BCUT2D eigenvalue weighted by molar-refractivity contribution is 5.77. The Labute approximate surface area is 136 Å². The lowest BCUT2D eigenvalue weighted by Gasteiger charge is -2.61. The first-order chi connectivity index (χ1) is 10.3. The van der Waals surface area contributed by atoms with Gasteiger partial charge in [0.05, 0.1) is 0 Å². The molecular formula is C20H33NO. The molecule has 1 saturated heterocycles. The van der Waals surface area contributed by atoms with Crippen molar-refractivity contribution in [3.63, 3.8) is 0 Å². The van der Waals surface area contributed by atoms with Crippen LogP contribution in [0.4, 0.5) is 0 Å². The third kappa shape index (κ3) is 1.88. The van der Waals surface area contributed by atoms with Crippen LogP contribution in [-0.4, -0.2) is 23.9 Å². The van der Waals surface area contributed by atoms with E-state index < -0.39 is 0 Å². The van der Waals surface area contributed by atoms with Crippen LogP contribution in [0, 0.1) is 34.5 Å². The summed E-state index contributed by atoms with van der Waals surface area (Å²) in [6.45, 7) is 7.58. The van der Waals surface area contributed by atoms with Crippen LogP contribution >= 0.6 is 0 Å². The van der Waals surface area contributed by atoms with E-state index in [9.17, 15) is 4.79 Å². The Morgan fingerprint density at radius 3 is 2.64 bits per heavy atom. The molecule has 4 rings (SSSR count). The Hall–Kier alpha value is -0.530. The molecule has 1 heterocycles. The number of amides is 1. The van der Waals surface area contributed by atoms with Crippen molar-refractivity contribution >= 4 is 5.91 Å². The number of fused-ring (bicyclic) bond motifs is 5. The Balaban J connectivity index is 1.65. The predicted octanol–water partition coefficient (Wildman–Crippen LogP) is 4.49. The summed E-state index contributed by atoms with van der Waals surface area (Å²) in [5.41, 5.74) is 1.01. The average molecular weight is 303 g/mol. The smallest absolute Gasteiger partial charge is 0.222 e. The summed E-state index contributed by atoms with van der Waals surface area (Å²) in [6.07, 6.45) is 10.3. The Morgan fingerprint density at radius 1 is 1.09 bits per heavy atom. The van der Waals surface area contributed by atoms with E-state index in [-0.39, 0.29) is 0 Å². The molecule has 0 N–H and O–H groups in total. The first-order valence-electron chi connectivity index (χ1n) is 9.61. The zero-order chi connectivity index (χ0) is 15.7. The zero-order valence-electron chi connectivity index (χ0n) is 14.9. The maximum atomic E-state index is 12.2. The molecule has 2 heteroatoms. The highest BCUT2D eigenvalue weighted by Crippen LogP contribution is 2.65. The minimum atomic E-state index is 0.385. The summed E-state index contributed by atoms with van der Waals surface area (Å²) in [5, 5.41) is 0. The molecule has 0 bridgehead atoms. The van der Waals surface area contributed by atoms with Gasteiger partial charge in [0.25, 0.3) is 0 Å². The van der Waals surface area contributed by atoms with E-state index in [1.54, 1.807) is 0 Å². The summed E-state index contributed by atoms with van der Waals surface area (Å²) in [4.78, 5) is 14.3. The minimum Gasteiger partial charge on any atom is -0.342 e. The van der Waals surface area contributed by atoms with Crippen molar-refractivity contribution < 1.29 is 4.79 Å². The lowest BCUT2D eigenvalue weighted by molar-refractivity contribution is -0.156. The minimum absolute atomic E-state index is 0.385. The van der Waals surface area contributed by atoms with Crippen molar-refractivity contribution in [2.24, 2.45) is 34.5 Å². The van der Waals surface area contributed by atoms with Gasteiger partial charge >= 0.3 is 0 Å². The highest BCUT2D eigenvalue weighted by Gasteiger charge is 2.59. The van der Waals surface area contributed by atoms with Crippen molar-refractivity contribution in [2.45, 2.75) is 78.2 Å². The van der Waals surface area contributed by atoms with E-state index in [0.29, 0.717) is 22.8 Å². The lowest BCUT2D eigenvalue weighted by Crippen LogP contribution is -2.61. The summed E-state index contributed by atoms with van der Waals surface area (Å²) in [7, 11) is 2.06. The van der Waals surface area contributed by atoms with Gasteiger partial charge in [0.15, 0.2) is 0 Å². The first kappa shape index (κ1) is 15.0. The number of piperidine rings is 1. The van der Waals surface area contributed by atoms with Crippen molar-refractivity contribution in [3.8, 4) is 0 Å². The largest absolute Gasteiger partial charge is 0.342 e. The first-order valence-corrected chi connectivity index (χ1v) is 9.61. The third-order valence-corrected chi connectivity index (χ3v) is 8.55. The van der Waals surface area contributed by atoms with Gasteiger partial charge in [0, 0.05) is 19.5 Å². The Kier molecular flexibility index (Phi) is 3.24. The molecule has 1 aliphatic heterocycles. The van der Waals surface area contributed by atoms with E-state index in [4.69, 9.17) is 0 Å². The summed E-state index contributed by atoms with van der Waals surface area (Å²) < 4.78 is 0. The molecule has 4 aliphatic rings. The second-order valence-corrected chi connectivity index (χ2v) is 9.72. The molecule has 4 fully saturated rings. The van der Waals surface area contributed by atoms with Gasteiger partial charge in [-0.25, -0.2) is 0 Å². The number of rotatable bonds is 0. The lowest BCUT2D eigenvalue weighted by atomic mass is 9.47. The van der Waals surface area contributed by atoms with Crippen LogP contribution in [0.1, 0.15) is 72.1 Å². The van der Waals surface area contributed by atoms with Crippen LogP contribution in [0.2, 0.25) is 0 Å². The number of hydrogen-bond acceptors (Lipinski definition) is 1. The number of hydrogen-bond donors (Lipinski definition) is 0. The Bertz CT molecular complexity index is 488. The zero-order valence-corrected chi connectivity index (χ0v) is 14.9. The molecule has 0 aromatic rings. The fraction of sp³-hybridized carbons (Fsp3) is 0.950. The molecule has 2 nitrogen and oxygen atoms in total. The van der Waals surface area contributed by atoms with Crippen molar-refractivity contribution in [1.29, 1.82) is 0 Å². The van der Waals surface area contributed by atoms with Crippen LogP contribution in [0.25, 0.3) is 0 Å². The topological polar surface area (TPSA) is 20.3 Å². The molecule has 1 amide bonds. The highest BCUT2D eigenvalue weighted by atomic mass is 16.2. The summed E-state index contributed by atoms with van der Waals surface area (Å²) in [5.74, 6) is 4.07. The van der Waals surface area contributed by atoms with Gasteiger partial charge in [-0.2, -0.15) is 0 Å². The SMILES string of the molecule is CC1C[C@H]2[C@@H]3CCC4N(C)C(=O)CC[C@]4(C)[C@@H]3CC[C@]2(C)C1. The van der Waals surface area contributed by atoms with Gasteiger partial charge in [-0.05, 0) is 79.4 Å². The van der Waals surface area contributed by atoms with Crippen LogP contribution in [0.3, 0.4) is 0 Å². The Morgan fingerprint density at radius 2 is 1.86 bits per heavy atom. The fourth-order valence-corrected chi connectivity index (χ4v) is 7.57. The third-order valence-electron chi connectivity index (χ3n) is 8.55. The molecule has 0 spiro atoms. The second kappa shape index (κ2) is 4.74. The molecule has 3 aliphatic carbocycles. The maximum absolute atomic E-state index is 12.2. The predicted molar refractivity (Wildman–Crippen MR) is 89.3 cm³/mol. The van der Waals surface area contributed by atoms with Gasteiger partial charge < -0.3 is 4.90 Å². The van der Waals surface area contributed by atoms with E-state index in [1.165, 1.54) is 38.5 Å². The van der Waals surface area contributed by atoms with Gasteiger partial charge in [-0.15, -0.1) is 0 Å². The monoisotopic (exact) mass is 303 g/mol. The van der Waals surface area contributed by atoms with Crippen molar-refractivity contribution in [1.82, 2.24) is 4.90 Å². The van der Waals surface area contributed by atoms with Gasteiger partial charge in [0.1, 0.15) is 0 Å². The summed E-state index contributed by atoms with van der Waals surface area (Å²) >= 11 is 0. The van der Waals surface area contributed by atoms with Crippen LogP contribution in [0.15, 0.2) is 0 Å². The fourth-order valence-electron chi connectivity index (χ4n) is 7.57. The number of carbonyl (C=O) groups is 1. The molecule has 3 saturated carbocycles. The molecule has 124 valence electrons. The van der Waals surface area contributed by atoms with E-state index in [1.807, 2.05) is 0 Å². The van der Waals surface area contributed by atoms with E-state index in [0.717, 1.165) is 36.5 Å². The van der Waals surface area contributed by atoms with Crippen molar-refractivity contribution in [3.05, 3.63) is 0 Å². The maximum Gasteiger partial charge on any atom is 0.222 e. The van der Waals surface area contributed by atoms with Crippen LogP contribution in [-0.2, 0) is 4.79 Å². The normalized spacial score (nSPS) is 54.6. The van der Waals surface area contributed by atoms with E-state index in [2.05, 4.69) is 32.7 Å². The molecule has 22 heavy (non-hydrogen) atoms. The van der Waals surface area contributed by atoms with Gasteiger partial charge in [-0.3, -0.25) is 4.79 Å². The molecule has 2 unspecified atom stereocenters. The number of likely N-dealkylation sites (tertiary alicyclic amines) is 1.